The lowest BCUT2D eigenvalue weighted by atomic mass is 9.82. The van der Waals surface area contributed by atoms with Crippen LogP contribution in [0.2, 0.25) is 0 Å². The van der Waals surface area contributed by atoms with Crippen molar-refractivity contribution in [2.45, 2.75) is 31.6 Å². The largest absolute Gasteiger partial charge is 0.469 e. The lowest BCUT2D eigenvalue weighted by molar-refractivity contribution is -0.146. The van der Waals surface area contributed by atoms with Crippen molar-refractivity contribution < 1.29 is 13.9 Å². The summed E-state index contributed by atoms with van der Waals surface area (Å²) in [6.07, 6.45) is 5.33. The van der Waals surface area contributed by atoms with Crippen LogP contribution in [-0.2, 0) is 9.53 Å². The molecule has 1 heterocycles. The molecule has 4 heteroatoms. The van der Waals surface area contributed by atoms with Gasteiger partial charge in [0.2, 0.25) is 0 Å². The molecule has 0 bridgehead atoms. The number of carbonyl (C=O) groups excluding carboxylic acids is 1. The molecule has 1 aromatic heterocycles. The van der Waals surface area contributed by atoms with E-state index in [9.17, 15) is 4.79 Å². The van der Waals surface area contributed by atoms with E-state index in [1.54, 1.807) is 6.20 Å². The Balaban J connectivity index is 1.67. The van der Waals surface area contributed by atoms with Gasteiger partial charge in [0, 0.05) is 11.5 Å². The summed E-state index contributed by atoms with van der Waals surface area (Å²) < 4.78 is 10.7. The normalized spacial score (nSPS) is 22.0. The van der Waals surface area contributed by atoms with Crippen molar-refractivity contribution in [3.05, 3.63) is 42.4 Å². The van der Waals surface area contributed by atoms with Gasteiger partial charge in [-0.3, -0.25) is 4.79 Å². The smallest absolute Gasteiger partial charge is 0.308 e. The molecule has 21 heavy (non-hydrogen) atoms. The second-order valence-corrected chi connectivity index (χ2v) is 5.50. The van der Waals surface area contributed by atoms with Gasteiger partial charge in [-0.2, -0.15) is 0 Å². The van der Waals surface area contributed by atoms with Crippen LogP contribution in [0, 0.1) is 5.92 Å². The van der Waals surface area contributed by atoms with Gasteiger partial charge in [0.15, 0.2) is 11.7 Å². The summed E-state index contributed by atoms with van der Waals surface area (Å²) in [5.41, 5.74) is 1.04. The van der Waals surface area contributed by atoms with Crippen LogP contribution in [0.15, 0.2) is 40.9 Å². The SMILES string of the molecule is COC(=O)C1CCC(c2ncc(-c3ccccc3)o2)CC1. The van der Waals surface area contributed by atoms with Crippen LogP contribution in [0.5, 0.6) is 0 Å². The van der Waals surface area contributed by atoms with Gasteiger partial charge in [0.05, 0.1) is 19.2 Å². The van der Waals surface area contributed by atoms with Crippen LogP contribution < -0.4 is 0 Å². The first kappa shape index (κ1) is 13.9. The fourth-order valence-corrected chi connectivity index (χ4v) is 2.95. The molecular weight excluding hydrogens is 266 g/mol. The topological polar surface area (TPSA) is 52.3 Å². The molecule has 0 amide bonds. The molecule has 1 aromatic carbocycles. The Morgan fingerprint density at radius 3 is 2.57 bits per heavy atom. The minimum Gasteiger partial charge on any atom is -0.469 e. The van der Waals surface area contributed by atoms with E-state index in [0.29, 0.717) is 5.92 Å². The van der Waals surface area contributed by atoms with Crippen LogP contribution in [0.3, 0.4) is 0 Å². The highest BCUT2D eigenvalue weighted by Gasteiger charge is 2.29. The van der Waals surface area contributed by atoms with Gasteiger partial charge in [-0.15, -0.1) is 0 Å². The molecule has 0 saturated heterocycles. The first-order chi connectivity index (χ1) is 10.3. The van der Waals surface area contributed by atoms with E-state index in [-0.39, 0.29) is 11.9 Å². The molecule has 0 aliphatic heterocycles. The lowest BCUT2D eigenvalue weighted by Crippen LogP contribution is -2.22. The molecule has 2 aromatic rings. The van der Waals surface area contributed by atoms with Crippen LogP contribution in [0.1, 0.15) is 37.5 Å². The van der Waals surface area contributed by atoms with Crippen molar-refractivity contribution >= 4 is 5.97 Å². The van der Waals surface area contributed by atoms with Crippen LogP contribution in [0.25, 0.3) is 11.3 Å². The molecular formula is C17H19NO3. The molecule has 0 atom stereocenters. The second kappa shape index (κ2) is 6.12. The molecule has 110 valence electrons. The molecule has 4 nitrogen and oxygen atoms in total. The van der Waals surface area contributed by atoms with Gasteiger partial charge in [-0.1, -0.05) is 30.3 Å². The van der Waals surface area contributed by atoms with E-state index >= 15 is 0 Å². The van der Waals surface area contributed by atoms with E-state index in [4.69, 9.17) is 9.15 Å². The summed E-state index contributed by atoms with van der Waals surface area (Å²) in [5.74, 6) is 1.85. The molecule has 0 radical (unpaired) electrons. The molecule has 0 unspecified atom stereocenters. The highest BCUT2D eigenvalue weighted by molar-refractivity contribution is 5.72. The van der Waals surface area contributed by atoms with E-state index in [1.807, 2.05) is 30.3 Å². The molecule has 3 rings (SSSR count). The Bertz CT molecular complexity index is 598. The number of aromatic nitrogens is 1. The number of nitrogens with zero attached hydrogens (tertiary/aromatic N) is 1. The van der Waals surface area contributed by atoms with Gasteiger partial charge in [0.25, 0.3) is 0 Å². The summed E-state index contributed by atoms with van der Waals surface area (Å²) in [7, 11) is 1.45. The van der Waals surface area contributed by atoms with Crippen molar-refractivity contribution in [2.24, 2.45) is 5.92 Å². The third-order valence-electron chi connectivity index (χ3n) is 4.19. The fraction of sp³-hybridized carbons (Fsp3) is 0.412. The van der Waals surface area contributed by atoms with E-state index in [1.165, 1.54) is 7.11 Å². The van der Waals surface area contributed by atoms with E-state index in [0.717, 1.165) is 42.9 Å². The predicted octanol–water partition coefficient (Wildman–Crippen LogP) is 3.79. The number of carbonyl (C=O) groups is 1. The van der Waals surface area contributed by atoms with E-state index in [2.05, 4.69) is 4.98 Å². The number of hydrogen-bond acceptors (Lipinski definition) is 4. The second-order valence-electron chi connectivity index (χ2n) is 5.50. The number of ether oxygens (including phenoxy) is 1. The van der Waals surface area contributed by atoms with Crippen molar-refractivity contribution in [2.75, 3.05) is 7.11 Å². The first-order valence-electron chi connectivity index (χ1n) is 7.37. The molecule has 1 aliphatic carbocycles. The number of oxazole rings is 1. The van der Waals surface area contributed by atoms with Gasteiger partial charge in [-0.05, 0) is 25.7 Å². The third-order valence-corrected chi connectivity index (χ3v) is 4.19. The minimum absolute atomic E-state index is 0.0369. The Hall–Kier alpha value is -2.10. The molecule has 1 saturated carbocycles. The molecule has 1 fully saturated rings. The zero-order valence-electron chi connectivity index (χ0n) is 12.1. The quantitative estimate of drug-likeness (QED) is 0.805. The maximum Gasteiger partial charge on any atom is 0.308 e. The Morgan fingerprint density at radius 1 is 1.19 bits per heavy atom. The molecule has 0 spiro atoms. The monoisotopic (exact) mass is 285 g/mol. The summed E-state index contributed by atoms with van der Waals surface area (Å²) >= 11 is 0. The van der Waals surface area contributed by atoms with Crippen molar-refractivity contribution in [1.29, 1.82) is 0 Å². The summed E-state index contributed by atoms with van der Waals surface area (Å²) in [4.78, 5) is 16.0. The van der Waals surface area contributed by atoms with E-state index < -0.39 is 0 Å². The fourth-order valence-electron chi connectivity index (χ4n) is 2.95. The third kappa shape index (κ3) is 2.99. The van der Waals surface area contributed by atoms with Gasteiger partial charge in [0.1, 0.15) is 0 Å². The van der Waals surface area contributed by atoms with Gasteiger partial charge >= 0.3 is 5.97 Å². The van der Waals surface area contributed by atoms with Crippen molar-refractivity contribution in [3.8, 4) is 11.3 Å². The van der Waals surface area contributed by atoms with Crippen LogP contribution in [0.4, 0.5) is 0 Å². The number of rotatable bonds is 3. The number of benzene rings is 1. The first-order valence-corrected chi connectivity index (χ1v) is 7.37. The Kier molecular flexibility index (Phi) is 4.04. The highest BCUT2D eigenvalue weighted by Crippen LogP contribution is 2.36. The predicted molar refractivity (Wildman–Crippen MR) is 78.7 cm³/mol. The molecule has 1 aliphatic rings. The van der Waals surface area contributed by atoms with Gasteiger partial charge < -0.3 is 9.15 Å². The van der Waals surface area contributed by atoms with Gasteiger partial charge in [-0.25, -0.2) is 4.98 Å². The lowest BCUT2D eigenvalue weighted by Gasteiger charge is -2.24. The summed E-state index contributed by atoms with van der Waals surface area (Å²) in [6.45, 7) is 0. The Morgan fingerprint density at radius 2 is 1.90 bits per heavy atom. The Labute approximate surface area is 124 Å². The molecule has 0 N–H and O–H groups in total. The summed E-state index contributed by atoms with van der Waals surface area (Å²) in [6, 6.07) is 9.98. The number of methoxy groups -OCH3 is 1. The van der Waals surface area contributed by atoms with Crippen LogP contribution in [-0.4, -0.2) is 18.1 Å². The zero-order valence-corrected chi connectivity index (χ0v) is 12.1. The number of hydrogen-bond donors (Lipinski definition) is 0. The average Bonchev–Trinajstić information content (AvgIpc) is 3.05. The van der Waals surface area contributed by atoms with Crippen molar-refractivity contribution in [1.82, 2.24) is 4.98 Å². The maximum atomic E-state index is 11.5. The average molecular weight is 285 g/mol. The highest BCUT2D eigenvalue weighted by atomic mass is 16.5. The number of esters is 1. The minimum atomic E-state index is -0.0918. The standard InChI is InChI=1S/C17H19NO3/c1-20-17(19)14-9-7-13(8-10-14)16-18-11-15(21-16)12-5-3-2-4-6-12/h2-6,11,13-14H,7-10H2,1H3. The van der Waals surface area contributed by atoms with Crippen LogP contribution >= 0.6 is 0 Å². The summed E-state index contributed by atoms with van der Waals surface area (Å²) in [5, 5.41) is 0. The maximum absolute atomic E-state index is 11.5. The van der Waals surface area contributed by atoms with Crippen molar-refractivity contribution in [3.63, 3.8) is 0 Å². The zero-order chi connectivity index (χ0) is 14.7.